The molecule has 0 bridgehead atoms. The standard InChI is InChI=1S/C28H30N4O3/c1-33-22-16-17-23(25(18-22)34-2)28-30-27(31-32(28)21-12-7-4-8-13-21)24-14-9-15-26(29-24)35-19-20-10-5-3-6-11-20/h3,5-6,9-11,14-18,21H,4,7-8,12-13,19H2,1-2H3. The van der Waals surface area contributed by atoms with Crippen molar-refractivity contribution in [1.29, 1.82) is 0 Å². The highest BCUT2D eigenvalue weighted by molar-refractivity contribution is 5.68. The molecule has 0 atom stereocenters. The Balaban J connectivity index is 1.50. The van der Waals surface area contributed by atoms with Crippen LogP contribution in [0, 0.1) is 0 Å². The van der Waals surface area contributed by atoms with E-state index in [1.54, 1.807) is 14.2 Å². The van der Waals surface area contributed by atoms with Crippen LogP contribution in [0.15, 0.2) is 66.7 Å². The predicted molar refractivity (Wildman–Crippen MR) is 135 cm³/mol. The number of hydrogen-bond donors (Lipinski definition) is 0. The average molecular weight is 471 g/mol. The summed E-state index contributed by atoms with van der Waals surface area (Å²) < 4.78 is 19.1. The number of hydrogen-bond acceptors (Lipinski definition) is 6. The molecular formula is C28H30N4O3. The van der Waals surface area contributed by atoms with E-state index in [0.29, 0.717) is 35.8 Å². The van der Waals surface area contributed by atoms with Crippen LogP contribution in [0.5, 0.6) is 17.4 Å². The van der Waals surface area contributed by atoms with Crippen molar-refractivity contribution in [3.05, 3.63) is 72.3 Å². The Morgan fingerprint density at radius 2 is 1.69 bits per heavy atom. The van der Waals surface area contributed by atoms with Crippen LogP contribution in [0.3, 0.4) is 0 Å². The van der Waals surface area contributed by atoms with Crippen molar-refractivity contribution >= 4 is 0 Å². The zero-order chi connectivity index (χ0) is 24.0. The molecule has 35 heavy (non-hydrogen) atoms. The summed E-state index contributed by atoms with van der Waals surface area (Å²) in [5.74, 6) is 3.34. The summed E-state index contributed by atoms with van der Waals surface area (Å²) in [5.41, 5.74) is 2.65. The molecule has 0 unspecified atom stereocenters. The van der Waals surface area contributed by atoms with E-state index in [9.17, 15) is 0 Å². The van der Waals surface area contributed by atoms with Crippen molar-refractivity contribution in [2.75, 3.05) is 14.2 Å². The number of benzene rings is 2. The molecule has 0 spiro atoms. The van der Waals surface area contributed by atoms with Gasteiger partial charge in [0.1, 0.15) is 23.8 Å². The summed E-state index contributed by atoms with van der Waals surface area (Å²) in [6.07, 6.45) is 5.83. The summed E-state index contributed by atoms with van der Waals surface area (Å²) in [5, 5.41) is 4.96. The van der Waals surface area contributed by atoms with Crippen LogP contribution in [0.2, 0.25) is 0 Å². The Labute approximate surface area is 205 Å². The number of methoxy groups -OCH3 is 2. The largest absolute Gasteiger partial charge is 0.497 e. The molecule has 0 N–H and O–H groups in total. The first kappa shape index (κ1) is 22.9. The molecule has 1 saturated carbocycles. The first-order valence-electron chi connectivity index (χ1n) is 12.1. The minimum Gasteiger partial charge on any atom is -0.497 e. The smallest absolute Gasteiger partial charge is 0.214 e. The normalized spacial score (nSPS) is 14.0. The van der Waals surface area contributed by atoms with E-state index in [4.69, 9.17) is 29.3 Å². The van der Waals surface area contributed by atoms with Gasteiger partial charge in [0.05, 0.1) is 25.8 Å². The number of aromatic nitrogens is 4. The average Bonchev–Trinajstić information content (AvgIpc) is 3.38. The quantitative estimate of drug-likeness (QED) is 0.309. The second kappa shape index (κ2) is 10.6. The van der Waals surface area contributed by atoms with Gasteiger partial charge in [0, 0.05) is 12.1 Å². The fraction of sp³-hybridized carbons (Fsp3) is 0.321. The second-order valence-electron chi connectivity index (χ2n) is 8.70. The molecule has 5 rings (SSSR count). The highest BCUT2D eigenvalue weighted by atomic mass is 16.5. The lowest BCUT2D eigenvalue weighted by atomic mass is 9.95. The van der Waals surface area contributed by atoms with E-state index in [1.165, 1.54) is 19.3 Å². The van der Waals surface area contributed by atoms with Gasteiger partial charge in [-0.3, -0.25) is 0 Å². The van der Waals surface area contributed by atoms with Gasteiger partial charge in [0.25, 0.3) is 0 Å². The highest BCUT2D eigenvalue weighted by Crippen LogP contribution is 2.37. The van der Waals surface area contributed by atoms with Gasteiger partial charge in [0.2, 0.25) is 5.88 Å². The van der Waals surface area contributed by atoms with Crippen LogP contribution < -0.4 is 14.2 Å². The van der Waals surface area contributed by atoms with Gasteiger partial charge in [-0.15, -0.1) is 5.10 Å². The summed E-state index contributed by atoms with van der Waals surface area (Å²) in [6, 6.07) is 21.9. The van der Waals surface area contributed by atoms with Gasteiger partial charge >= 0.3 is 0 Å². The summed E-state index contributed by atoms with van der Waals surface area (Å²) in [7, 11) is 3.31. The predicted octanol–water partition coefficient (Wildman–Crippen LogP) is 6.11. The van der Waals surface area contributed by atoms with E-state index < -0.39 is 0 Å². The fourth-order valence-electron chi connectivity index (χ4n) is 4.53. The van der Waals surface area contributed by atoms with E-state index in [2.05, 4.69) is 4.68 Å². The SMILES string of the molecule is COc1ccc(-c2nc(-c3cccc(OCc4ccccc4)n3)nn2C2CCCCC2)c(OC)c1. The van der Waals surface area contributed by atoms with Crippen molar-refractivity contribution < 1.29 is 14.2 Å². The maximum absolute atomic E-state index is 5.95. The topological polar surface area (TPSA) is 71.3 Å². The van der Waals surface area contributed by atoms with Gasteiger partial charge < -0.3 is 14.2 Å². The monoisotopic (exact) mass is 470 g/mol. The Hall–Kier alpha value is -3.87. The van der Waals surface area contributed by atoms with Crippen LogP contribution in [-0.2, 0) is 6.61 Å². The molecule has 0 saturated heterocycles. The summed E-state index contributed by atoms with van der Waals surface area (Å²) >= 11 is 0. The van der Waals surface area contributed by atoms with Crippen LogP contribution in [-0.4, -0.2) is 34.0 Å². The van der Waals surface area contributed by atoms with Gasteiger partial charge in [-0.05, 0) is 36.6 Å². The summed E-state index contributed by atoms with van der Waals surface area (Å²) in [4.78, 5) is 9.67. The minimum absolute atomic E-state index is 0.296. The zero-order valence-corrected chi connectivity index (χ0v) is 20.2. The molecule has 1 aliphatic rings. The van der Waals surface area contributed by atoms with Crippen molar-refractivity contribution in [3.8, 4) is 40.3 Å². The molecule has 0 radical (unpaired) electrons. The van der Waals surface area contributed by atoms with Crippen molar-refractivity contribution in [3.63, 3.8) is 0 Å². The molecule has 7 nitrogen and oxygen atoms in total. The third kappa shape index (κ3) is 5.14. The fourth-order valence-corrected chi connectivity index (χ4v) is 4.53. The van der Waals surface area contributed by atoms with Gasteiger partial charge in [-0.25, -0.2) is 14.6 Å². The van der Waals surface area contributed by atoms with E-state index >= 15 is 0 Å². The van der Waals surface area contributed by atoms with Crippen LogP contribution >= 0.6 is 0 Å². The Morgan fingerprint density at radius 3 is 2.46 bits per heavy atom. The molecule has 2 aromatic carbocycles. The zero-order valence-electron chi connectivity index (χ0n) is 20.2. The Kier molecular flexibility index (Phi) is 6.93. The van der Waals surface area contributed by atoms with Crippen molar-refractivity contribution in [2.24, 2.45) is 0 Å². The molecule has 2 aromatic heterocycles. The molecule has 7 heteroatoms. The molecule has 2 heterocycles. The lowest BCUT2D eigenvalue weighted by Crippen LogP contribution is -2.15. The molecule has 1 aliphatic carbocycles. The second-order valence-corrected chi connectivity index (χ2v) is 8.70. The number of rotatable bonds is 8. The molecule has 4 aromatic rings. The maximum atomic E-state index is 5.95. The van der Waals surface area contributed by atoms with E-state index in [1.807, 2.05) is 66.7 Å². The van der Waals surface area contributed by atoms with Crippen LogP contribution in [0.25, 0.3) is 22.9 Å². The maximum Gasteiger partial charge on any atom is 0.214 e. The Morgan fingerprint density at radius 1 is 0.857 bits per heavy atom. The molecular weight excluding hydrogens is 440 g/mol. The minimum atomic E-state index is 0.296. The lowest BCUT2D eigenvalue weighted by Gasteiger charge is -2.23. The Bertz CT molecular complexity index is 1270. The van der Waals surface area contributed by atoms with Gasteiger partial charge in [-0.1, -0.05) is 55.7 Å². The van der Waals surface area contributed by atoms with Crippen molar-refractivity contribution in [1.82, 2.24) is 19.7 Å². The summed E-state index contributed by atoms with van der Waals surface area (Å²) in [6.45, 7) is 0.454. The first-order valence-corrected chi connectivity index (χ1v) is 12.1. The van der Waals surface area contributed by atoms with Gasteiger partial charge in [0.15, 0.2) is 11.6 Å². The third-order valence-corrected chi connectivity index (χ3v) is 6.38. The van der Waals surface area contributed by atoms with E-state index in [-0.39, 0.29) is 0 Å². The van der Waals surface area contributed by atoms with Crippen LogP contribution in [0.4, 0.5) is 0 Å². The van der Waals surface area contributed by atoms with Crippen molar-refractivity contribution in [2.45, 2.75) is 44.8 Å². The third-order valence-electron chi connectivity index (χ3n) is 6.38. The molecule has 0 aliphatic heterocycles. The van der Waals surface area contributed by atoms with Crippen LogP contribution in [0.1, 0.15) is 43.7 Å². The molecule has 1 fully saturated rings. The van der Waals surface area contributed by atoms with Gasteiger partial charge in [-0.2, -0.15) is 0 Å². The first-order chi connectivity index (χ1) is 17.2. The van der Waals surface area contributed by atoms with E-state index in [0.717, 1.165) is 35.5 Å². The molecule has 180 valence electrons. The lowest BCUT2D eigenvalue weighted by molar-refractivity contribution is 0.294. The number of pyridine rings is 1. The highest BCUT2D eigenvalue weighted by Gasteiger charge is 2.25. The molecule has 0 amide bonds. The number of ether oxygens (including phenoxy) is 3. The number of nitrogens with zero attached hydrogens (tertiary/aromatic N) is 4.